The van der Waals surface area contributed by atoms with Crippen molar-refractivity contribution in [2.24, 2.45) is 5.41 Å². The third-order valence-corrected chi connectivity index (χ3v) is 4.74. The summed E-state index contributed by atoms with van der Waals surface area (Å²) in [5.74, 6) is 0.617. The third-order valence-electron chi connectivity index (χ3n) is 4.74. The van der Waals surface area contributed by atoms with E-state index in [1.165, 1.54) is 44.7 Å². The summed E-state index contributed by atoms with van der Waals surface area (Å²) in [6.07, 6.45) is 9.05. The Morgan fingerprint density at radius 3 is 2.53 bits per heavy atom. The van der Waals surface area contributed by atoms with Gasteiger partial charge in [0.05, 0.1) is 6.20 Å². The first-order valence-electron chi connectivity index (χ1n) is 7.18. The van der Waals surface area contributed by atoms with E-state index in [1.807, 2.05) is 0 Å². The molecule has 1 aromatic heterocycles. The molecule has 1 saturated carbocycles. The lowest BCUT2D eigenvalue weighted by atomic mass is 9.77. The van der Waals surface area contributed by atoms with Crippen molar-refractivity contribution >= 4 is 11.8 Å². The number of nitrogens with one attached hydrogen (secondary N) is 1. The molecule has 0 aromatic carbocycles. The van der Waals surface area contributed by atoms with Crippen LogP contribution in [0.25, 0.3) is 0 Å². The van der Waals surface area contributed by atoms with Crippen molar-refractivity contribution < 1.29 is 4.39 Å². The number of piperidine rings is 1. The number of rotatable bonds is 2. The summed E-state index contributed by atoms with van der Waals surface area (Å²) in [6, 6.07) is 0. The second-order valence-corrected chi connectivity index (χ2v) is 5.81. The zero-order valence-electron chi connectivity index (χ0n) is 11.5. The molecule has 0 atom stereocenters. The summed E-state index contributed by atoms with van der Waals surface area (Å²) in [5, 5.41) is 2.87. The van der Waals surface area contributed by atoms with Crippen LogP contribution >= 0.6 is 0 Å². The van der Waals surface area contributed by atoms with Crippen molar-refractivity contribution in [3.8, 4) is 0 Å². The molecule has 2 fully saturated rings. The van der Waals surface area contributed by atoms with E-state index in [9.17, 15) is 4.39 Å². The van der Waals surface area contributed by atoms with Crippen molar-refractivity contribution in [1.82, 2.24) is 9.97 Å². The quantitative estimate of drug-likeness (QED) is 0.891. The fraction of sp³-hybridized carbons (Fsp3) is 0.714. The zero-order valence-corrected chi connectivity index (χ0v) is 11.5. The molecule has 0 amide bonds. The van der Waals surface area contributed by atoms with Crippen LogP contribution in [0.2, 0.25) is 0 Å². The fourth-order valence-electron chi connectivity index (χ4n) is 3.52. The Morgan fingerprint density at radius 2 is 1.89 bits per heavy atom. The maximum atomic E-state index is 13.9. The van der Waals surface area contributed by atoms with Gasteiger partial charge in [-0.25, -0.2) is 9.37 Å². The molecule has 2 heterocycles. The highest BCUT2D eigenvalue weighted by molar-refractivity contribution is 5.44. The van der Waals surface area contributed by atoms with Gasteiger partial charge in [0.1, 0.15) is 0 Å². The van der Waals surface area contributed by atoms with E-state index in [1.54, 1.807) is 7.05 Å². The predicted molar refractivity (Wildman–Crippen MR) is 73.9 cm³/mol. The fourth-order valence-corrected chi connectivity index (χ4v) is 3.52. The predicted octanol–water partition coefficient (Wildman–Crippen LogP) is 2.82. The number of anilines is 2. The highest BCUT2D eigenvalue weighted by atomic mass is 19.1. The Morgan fingerprint density at radius 1 is 1.21 bits per heavy atom. The number of aromatic nitrogens is 2. The number of hydrogen-bond acceptors (Lipinski definition) is 4. The Hall–Kier alpha value is -1.39. The van der Waals surface area contributed by atoms with Crippen LogP contribution in [0.15, 0.2) is 6.20 Å². The van der Waals surface area contributed by atoms with Crippen LogP contribution in [0.5, 0.6) is 0 Å². The zero-order chi connectivity index (χ0) is 13.3. The lowest BCUT2D eigenvalue weighted by Crippen LogP contribution is -2.39. The lowest BCUT2D eigenvalue weighted by Gasteiger charge is -2.40. The van der Waals surface area contributed by atoms with Crippen molar-refractivity contribution in [3.63, 3.8) is 0 Å². The molecule has 1 N–H and O–H groups in total. The van der Waals surface area contributed by atoms with E-state index < -0.39 is 0 Å². The van der Waals surface area contributed by atoms with Crippen molar-refractivity contribution in [3.05, 3.63) is 12.0 Å². The number of halogens is 1. The second-order valence-electron chi connectivity index (χ2n) is 5.81. The Kier molecular flexibility index (Phi) is 3.29. The molecule has 19 heavy (non-hydrogen) atoms. The minimum atomic E-state index is -0.318. The molecule has 3 rings (SSSR count). The minimum Gasteiger partial charge on any atom is -0.357 e. The Labute approximate surface area is 113 Å². The Balaban J connectivity index is 1.74. The first-order valence-corrected chi connectivity index (χ1v) is 7.18. The van der Waals surface area contributed by atoms with Crippen LogP contribution in [0.3, 0.4) is 0 Å². The summed E-state index contributed by atoms with van der Waals surface area (Å²) in [5.41, 5.74) is 0.547. The van der Waals surface area contributed by atoms with Gasteiger partial charge in [-0.1, -0.05) is 12.8 Å². The van der Waals surface area contributed by atoms with Crippen LogP contribution in [0.4, 0.5) is 16.2 Å². The highest BCUT2D eigenvalue weighted by Crippen LogP contribution is 2.46. The molecule has 0 unspecified atom stereocenters. The lowest BCUT2D eigenvalue weighted by molar-refractivity contribution is 0.225. The number of nitrogens with zero attached hydrogens (tertiary/aromatic N) is 3. The van der Waals surface area contributed by atoms with Crippen LogP contribution in [0.1, 0.15) is 38.5 Å². The first-order chi connectivity index (χ1) is 9.22. The van der Waals surface area contributed by atoms with Crippen LogP contribution < -0.4 is 10.2 Å². The van der Waals surface area contributed by atoms with E-state index in [2.05, 4.69) is 20.2 Å². The molecule has 1 aliphatic heterocycles. The smallest absolute Gasteiger partial charge is 0.224 e. The monoisotopic (exact) mass is 264 g/mol. The maximum absolute atomic E-state index is 13.9. The largest absolute Gasteiger partial charge is 0.357 e. The molecule has 5 heteroatoms. The van der Waals surface area contributed by atoms with E-state index >= 15 is 0 Å². The molecule has 104 valence electrons. The molecule has 1 aromatic rings. The molecule has 1 aliphatic carbocycles. The van der Waals surface area contributed by atoms with Gasteiger partial charge in [0, 0.05) is 20.1 Å². The molecular formula is C14H21FN4. The molecule has 1 spiro atoms. The van der Waals surface area contributed by atoms with Crippen LogP contribution in [-0.2, 0) is 0 Å². The van der Waals surface area contributed by atoms with Gasteiger partial charge in [-0.3, -0.25) is 0 Å². The van der Waals surface area contributed by atoms with Gasteiger partial charge < -0.3 is 10.2 Å². The highest BCUT2D eigenvalue weighted by Gasteiger charge is 2.37. The third kappa shape index (κ3) is 2.38. The van der Waals surface area contributed by atoms with Gasteiger partial charge in [-0.05, 0) is 31.1 Å². The summed E-state index contributed by atoms with van der Waals surface area (Å²) in [6.45, 7) is 1.83. The number of hydrogen-bond donors (Lipinski definition) is 1. The Bertz CT molecular complexity index is 447. The van der Waals surface area contributed by atoms with E-state index in [0.29, 0.717) is 17.2 Å². The molecule has 1 saturated heterocycles. The van der Waals surface area contributed by atoms with Gasteiger partial charge in [-0.2, -0.15) is 4.98 Å². The summed E-state index contributed by atoms with van der Waals surface area (Å²) < 4.78 is 13.9. The van der Waals surface area contributed by atoms with Gasteiger partial charge in [0.2, 0.25) is 5.95 Å². The van der Waals surface area contributed by atoms with Crippen LogP contribution in [-0.4, -0.2) is 30.1 Å². The maximum Gasteiger partial charge on any atom is 0.224 e. The van der Waals surface area contributed by atoms with Crippen molar-refractivity contribution in [2.45, 2.75) is 38.5 Å². The van der Waals surface area contributed by atoms with Gasteiger partial charge in [-0.15, -0.1) is 0 Å². The molecule has 0 radical (unpaired) electrons. The average Bonchev–Trinajstić information content (AvgIpc) is 2.89. The minimum absolute atomic E-state index is 0.318. The van der Waals surface area contributed by atoms with Crippen LogP contribution in [0, 0.1) is 11.2 Å². The van der Waals surface area contributed by atoms with Gasteiger partial charge >= 0.3 is 0 Å². The molecule has 0 bridgehead atoms. The van der Waals surface area contributed by atoms with Gasteiger partial charge in [0.25, 0.3) is 0 Å². The average molecular weight is 264 g/mol. The van der Waals surface area contributed by atoms with E-state index in [0.717, 1.165) is 13.1 Å². The second kappa shape index (κ2) is 4.94. The molecular weight excluding hydrogens is 243 g/mol. The first kappa shape index (κ1) is 12.6. The normalized spacial score (nSPS) is 21.9. The van der Waals surface area contributed by atoms with Crippen molar-refractivity contribution in [2.75, 3.05) is 30.4 Å². The molecule has 2 aliphatic rings. The van der Waals surface area contributed by atoms with E-state index in [-0.39, 0.29) is 5.82 Å². The molecule has 4 nitrogen and oxygen atoms in total. The SMILES string of the molecule is CNc1ncc(F)c(N2CCC3(CCCC3)CC2)n1. The van der Waals surface area contributed by atoms with Crippen molar-refractivity contribution in [1.29, 1.82) is 0 Å². The standard InChI is InChI=1S/C14H21FN4/c1-16-13-17-10-11(15)12(18-13)19-8-6-14(7-9-19)4-2-3-5-14/h10H,2-9H2,1H3,(H,16,17,18). The summed E-state index contributed by atoms with van der Waals surface area (Å²) in [7, 11) is 1.75. The van der Waals surface area contributed by atoms with Gasteiger partial charge in [0.15, 0.2) is 11.6 Å². The summed E-state index contributed by atoms with van der Waals surface area (Å²) >= 11 is 0. The topological polar surface area (TPSA) is 41.1 Å². The van der Waals surface area contributed by atoms with E-state index in [4.69, 9.17) is 0 Å². The summed E-state index contributed by atoms with van der Waals surface area (Å²) in [4.78, 5) is 10.2.